The van der Waals surface area contributed by atoms with Gasteiger partial charge >= 0.3 is 0 Å². The zero-order valence-corrected chi connectivity index (χ0v) is 11.0. The first kappa shape index (κ1) is 12.6. The predicted octanol–water partition coefficient (Wildman–Crippen LogP) is 3.39. The average molecular weight is 257 g/mol. The summed E-state index contributed by atoms with van der Waals surface area (Å²) in [5, 5.41) is 4.92. The molecule has 3 heteroatoms. The van der Waals surface area contributed by atoms with E-state index in [1.807, 2.05) is 41.8 Å². The van der Waals surface area contributed by atoms with Crippen LogP contribution in [0.15, 0.2) is 47.9 Å². The van der Waals surface area contributed by atoms with Gasteiger partial charge in [0.05, 0.1) is 6.54 Å². The van der Waals surface area contributed by atoms with Crippen molar-refractivity contribution in [2.75, 3.05) is 0 Å². The summed E-state index contributed by atoms with van der Waals surface area (Å²) in [5.74, 6) is -0.0633. The highest BCUT2D eigenvalue weighted by Gasteiger charge is 2.00. The molecule has 0 aliphatic rings. The second kappa shape index (κ2) is 6.17. The lowest BCUT2D eigenvalue weighted by molar-refractivity contribution is -0.116. The first-order chi connectivity index (χ1) is 8.75. The Balaban J connectivity index is 1.86. The van der Waals surface area contributed by atoms with E-state index in [1.54, 1.807) is 17.4 Å². The summed E-state index contributed by atoms with van der Waals surface area (Å²) in [5.41, 5.74) is 2.26. The lowest BCUT2D eigenvalue weighted by Gasteiger charge is -2.01. The smallest absolute Gasteiger partial charge is 0.244 e. The minimum atomic E-state index is -0.0633. The summed E-state index contributed by atoms with van der Waals surface area (Å²) in [7, 11) is 0. The third-order valence-electron chi connectivity index (χ3n) is 2.62. The van der Waals surface area contributed by atoms with Crippen LogP contribution in [-0.2, 0) is 11.3 Å². The Labute approximate surface area is 111 Å². The van der Waals surface area contributed by atoms with Gasteiger partial charge in [0.2, 0.25) is 5.91 Å². The molecule has 2 nitrogen and oxygen atoms in total. The lowest BCUT2D eigenvalue weighted by Crippen LogP contribution is -2.19. The Morgan fingerprint density at radius 2 is 2.06 bits per heavy atom. The molecular formula is C15H15NOS. The van der Waals surface area contributed by atoms with Gasteiger partial charge in [0.15, 0.2) is 0 Å². The molecule has 2 rings (SSSR count). The zero-order valence-electron chi connectivity index (χ0n) is 10.2. The van der Waals surface area contributed by atoms with Gasteiger partial charge in [-0.3, -0.25) is 4.79 Å². The quantitative estimate of drug-likeness (QED) is 0.836. The highest BCUT2D eigenvalue weighted by molar-refractivity contribution is 7.10. The van der Waals surface area contributed by atoms with Gasteiger partial charge in [-0.05, 0) is 35.6 Å². The Morgan fingerprint density at radius 3 is 2.72 bits per heavy atom. The molecule has 0 saturated carbocycles. The number of carbonyl (C=O) groups excluding carboxylic acids is 1. The van der Waals surface area contributed by atoms with Crippen molar-refractivity contribution in [2.45, 2.75) is 13.5 Å². The summed E-state index contributed by atoms with van der Waals surface area (Å²) < 4.78 is 0. The van der Waals surface area contributed by atoms with E-state index < -0.39 is 0 Å². The van der Waals surface area contributed by atoms with Crippen LogP contribution in [0.3, 0.4) is 0 Å². The molecule has 0 unspecified atom stereocenters. The topological polar surface area (TPSA) is 29.1 Å². The third-order valence-corrected chi connectivity index (χ3v) is 3.64. The van der Waals surface area contributed by atoms with Gasteiger partial charge in [0.25, 0.3) is 0 Å². The van der Waals surface area contributed by atoms with Gasteiger partial charge in [-0.1, -0.05) is 30.3 Å². The molecule has 18 heavy (non-hydrogen) atoms. The third kappa shape index (κ3) is 3.57. The van der Waals surface area contributed by atoms with Crippen LogP contribution < -0.4 is 5.32 Å². The molecule has 1 amide bonds. The highest BCUT2D eigenvalue weighted by Crippen LogP contribution is 2.14. The predicted molar refractivity (Wildman–Crippen MR) is 76.4 cm³/mol. The van der Waals surface area contributed by atoms with E-state index in [0.29, 0.717) is 6.54 Å². The van der Waals surface area contributed by atoms with Crippen molar-refractivity contribution in [2.24, 2.45) is 0 Å². The monoisotopic (exact) mass is 257 g/mol. The molecule has 0 fully saturated rings. The summed E-state index contributed by atoms with van der Waals surface area (Å²) >= 11 is 1.67. The van der Waals surface area contributed by atoms with E-state index in [2.05, 4.69) is 18.3 Å². The number of amides is 1. The summed E-state index contributed by atoms with van der Waals surface area (Å²) in [4.78, 5) is 12.8. The molecule has 1 aromatic carbocycles. The van der Waals surface area contributed by atoms with Crippen LogP contribution in [0.1, 0.15) is 16.0 Å². The Kier molecular flexibility index (Phi) is 4.31. The number of hydrogen-bond donors (Lipinski definition) is 1. The Hall–Kier alpha value is -1.87. The van der Waals surface area contributed by atoms with Crippen molar-refractivity contribution in [1.82, 2.24) is 5.32 Å². The van der Waals surface area contributed by atoms with Crippen LogP contribution in [0.4, 0.5) is 0 Å². The first-order valence-corrected chi connectivity index (χ1v) is 6.67. The average Bonchev–Trinajstić information content (AvgIpc) is 2.81. The van der Waals surface area contributed by atoms with Crippen LogP contribution in [0.2, 0.25) is 0 Å². The first-order valence-electron chi connectivity index (χ1n) is 5.79. The lowest BCUT2D eigenvalue weighted by atomic mass is 10.2. The van der Waals surface area contributed by atoms with Gasteiger partial charge < -0.3 is 5.32 Å². The molecule has 92 valence electrons. The largest absolute Gasteiger partial charge is 0.348 e. The molecule has 0 saturated heterocycles. The van der Waals surface area contributed by atoms with E-state index in [1.165, 1.54) is 10.4 Å². The van der Waals surface area contributed by atoms with Crippen LogP contribution in [0.25, 0.3) is 6.08 Å². The summed E-state index contributed by atoms with van der Waals surface area (Å²) in [6.07, 6.45) is 3.38. The number of thiophene rings is 1. The van der Waals surface area contributed by atoms with Gasteiger partial charge in [0.1, 0.15) is 0 Å². The molecule has 0 aliphatic carbocycles. The van der Waals surface area contributed by atoms with E-state index >= 15 is 0 Å². The summed E-state index contributed by atoms with van der Waals surface area (Å²) in [6, 6.07) is 11.8. The van der Waals surface area contributed by atoms with Crippen molar-refractivity contribution in [3.05, 3.63) is 63.9 Å². The number of rotatable bonds is 4. The number of benzene rings is 1. The maximum absolute atomic E-state index is 11.6. The van der Waals surface area contributed by atoms with E-state index in [-0.39, 0.29) is 5.91 Å². The number of carbonyl (C=O) groups is 1. The molecule has 0 spiro atoms. The van der Waals surface area contributed by atoms with Crippen molar-refractivity contribution in [3.8, 4) is 0 Å². The van der Waals surface area contributed by atoms with Gasteiger partial charge in [-0.25, -0.2) is 0 Å². The second-order valence-corrected chi connectivity index (χ2v) is 4.99. The van der Waals surface area contributed by atoms with Crippen LogP contribution in [-0.4, -0.2) is 5.91 Å². The van der Waals surface area contributed by atoms with Crippen LogP contribution in [0.5, 0.6) is 0 Å². The van der Waals surface area contributed by atoms with E-state index in [9.17, 15) is 4.79 Å². The van der Waals surface area contributed by atoms with Crippen molar-refractivity contribution >= 4 is 23.3 Å². The fraction of sp³-hybridized carbons (Fsp3) is 0.133. The number of aryl methyl sites for hydroxylation is 1. The zero-order chi connectivity index (χ0) is 12.8. The number of hydrogen-bond acceptors (Lipinski definition) is 2. The van der Waals surface area contributed by atoms with E-state index in [0.717, 1.165) is 5.56 Å². The normalized spacial score (nSPS) is 10.7. The minimum Gasteiger partial charge on any atom is -0.348 e. The van der Waals surface area contributed by atoms with Crippen molar-refractivity contribution in [3.63, 3.8) is 0 Å². The Bertz CT molecular complexity index is 543. The minimum absolute atomic E-state index is 0.0633. The maximum Gasteiger partial charge on any atom is 0.244 e. The SMILES string of the molecule is Cc1ccsc1CNC(=O)/C=C/c1ccccc1. The molecule has 1 heterocycles. The molecule has 2 aromatic rings. The van der Waals surface area contributed by atoms with Crippen molar-refractivity contribution in [1.29, 1.82) is 0 Å². The fourth-order valence-electron chi connectivity index (χ4n) is 1.55. The Morgan fingerprint density at radius 1 is 1.28 bits per heavy atom. The molecule has 0 atom stereocenters. The maximum atomic E-state index is 11.6. The molecule has 0 radical (unpaired) electrons. The molecule has 1 aromatic heterocycles. The molecule has 1 N–H and O–H groups in total. The van der Waals surface area contributed by atoms with Crippen molar-refractivity contribution < 1.29 is 4.79 Å². The standard InChI is InChI=1S/C15H15NOS/c1-12-9-10-18-14(12)11-16-15(17)8-7-13-5-3-2-4-6-13/h2-10H,11H2,1H3,(H,16,17)/b8-7+. The van der Waals surface area contributed by atoms with Gasteiger partial charge in [0, 0.05) is 11.0 Å². The summed E-state index contributed by atoms with van der Waals surface area (Å²) in [6.45, 7) is 2.65. The van der Waals surface area contributed by atoms with Crippen LogP contribution >= 0.6 is 11.3 Å². The molecule has 0 bridgehead atoms. The van der Waals surface area contributed by atoms with E-state index in [4.69, 9.17) is 0 Å². The van der Waals surface area contributed by atoms with Gasteiger partial charge in [-0.15, -0.1) is 11.3 Å². The molecular weight excluding hydrogens is 242 g/mol. The fourth-order valence-corrected chi connectivity index (χ4v) is 2.39. The van der Waals surface area contributed by atoms with Crippen LogP contribution in [0, 0.1) is 6.92 Å². The highest BCUT2D eigenvalue weighted by atomic mass is 32.1. The number of nitrogens with one attached hydrogen (secondary N) is 1. The second-order valence-electron chi connectivity index (χ2n) is 3.99. The molecule has 0 aliphatic heterocycles. The van der Waals surface area contributed by atoms with Gasteiger partial charge in [-0.2, -0.15) is 0 Å².